The van der Waals surface area contributed by atoms with E-state index in [2.05, 4.69) is 5.32 Å². The number of rotatable bonds is 8. The van der Waals surface area contributed by atoms with Crippen molar-refractivity contribution in [1.82, 2.24) is 5.32 Å². The van der Waals surface area contributed by atoms with E-state index in [9.17, 15) is 4.79 Å². The van der Waals surface area contributed by atoms with Crippen LogP contribution in [0.5, 0.6) is 17.2 Å². The highest BCUT2D eigenvalue weighted by Crippen LogP contribution is 2.39. The molecule has 0 atom stereocenters. The molecule has 1 amide bonds. The summed E-state index contributed by atoms with van der Waals surface area (Å²) in [6, 6.07) is 3.62. The molecule has 0 aromatic heterocycles. The molecule has 0 bridgehead atoms. The number of hydrogen-bond donors (Lipinski definition) is 2. The zero-order chi connectivity index (χ0) is 15.0. The van der Waals surface area contributed by atoms with Gasteiger partial charge in [-0.2, -0.15) is 0 Å². The molecule has 6 heteroatoms. The highest BCUT2D eigenvalue weighted by molar-refractivity contribution is 5.76. The lowest BCUT2D eigenvalue weighted by Gasteiger charge is -2.16. The zero-order valence-electron chi connectivity index (χ0n) is 12.2. The lowest BCUT2D eigenvalue weighted by molar-refractivity contribution is -0.121. The van der Waals surface area contributed by atoms with Crippen LogP contribution in [-0.2, 0) is 11.3 Å². The van der Waals surface area contributed by atoms with Gasteiger partial charge in [0.1, 0.15) is 0 Å². The van der Waals surface area contributed by atoms with E-state index in [0.717, 1.165) is 5.56 Å². The Morgan fingerprint density at radius 2 is 1.85 bits per heavy atom. The zero-order valence-corrected chi connectivity index (χ0v) is 12.2. The maximum Gasteiger partial charge on any atom is 0.220 e. The fraction of sp³-hybridized carbons (Fsp3) is 0.500. The lowest BCUT2D eigenvalue weighted by Crippen LogP contribution is -2.23. The Morgan fingerprint density at radius 3 is 2.40 bits per heavy atom. The number of nitrogens with two attached hydrogens (primary N) is 1. The van der Waals surface area contributed by atoms with Gasteiger partial charge in [-0.25, -0.2) is 0 Å². The minimum absolute atomic E-state index is 0.0349. The quantitative estimate of drug-likeness (QED) is 0.745. The van der Waals surface area contributed by atoms with E-state index < -0.39 is 0 Å². The Kier molecular flexibility index (Phi) is 6.66. The molecule has 3 N–H and O–H groups in total. The smallest absolute Gasteiger partial charge is 0.220 e. The number of ether oxygens (including phenoxy) is 3. The summed E-state index contributed by atoms with van der Waals surface area (Å²) < 4.78 is 15.8. The van der Waals surface area contributed by atoms with Gasteiger partial charge < -0.3 is 25.3 Å². The molecule has 0 aliphatic heterocycles. The van der Waals surface area contributed by atoms with Gasteiger partial charge in [-0.05, 0) is 25.1 Å². The monoisotopic (exact) mass is 282 g/mol. The van der Waals surface area contributed by atoms with Crippen LogP contribution in [0.3, 0.4) is 0 Å². The van der Waals surface area contributed by atoms with E-state index in [4.69, 9.17) is 19.9 Å². The Labute approximate surface area is 119 Å². The SMILES string of the molecule is COc1ccc(CNC(=O)CCCN)c(OC)c1OC. The van der Waals surface area contributed by atoms with Gasteiger partial charge in [0.2, 0.25) is 11.7 Å². The molecule has 0 radical (unpaired) electrons. The van der Waals surface area contributed by atoms with Gasteiger partial charge in [0.25, 0.3) is 0 Å². The lowest BCUT2D eigenvalue weighted by atomic mass is 10.1. The number of nitrogens with one attached hydrogen (secondary N) is 1. The van der Waals surface area contributed by atoms with E-state index in [1.165, 1.54) is 0 Å². The van der Waals surface area contributed by atoms with Crippen LogP contribution in [0.25, 0.3) is 0 Å². The van der Waals surface area contributed by atoms with E-state index in [0.29, 0.717) is 43.2 Å². The maximum absolute atomic E-state index is 11.6. The normalized spacial score (nSPS) is 10.0. The van der Waals surface area contributed by atoms with Crippen molar-refractivity contribution in [3.05, 3.63) is 17.7 Å². The van der Waals surface area contributed by atoms with Crippen LogP contribution in [-0.4, -0.2) is 33.8 Å². The third-order valence-electron chi connectivity index (χ3n) is 2.87. The van der Waals surface area contributed by atoms with Crippen molar-refractivity contribution in [1.29, 1.82) is 0 Å². The number of carbonyl (C=O) groups is 1. The summed E-state index contributed by atoms with van der Waals surface area (Å²) in [6.45, 7) is 0.875. The van der Waals surface area contributed by atoms with Crippen molar-refractivity contribution in [2.75, 3.05) is 27.9 Å². The molecule has 1 aromatic rings. The number of methoxy groups -OCH3 is 3. The van der Waals surface area contributed by atoms with E-state index >= 15 is 0 Å². The fourth-order valence-electron chi connectivity index (χ4n) is 1.85. The predicted octanol–water partition coefficient (Wildman–Crippen LogP) is 1.07. The first kappa shape index (κ1) is 16.1. The van der Waals surface area contributed by atoms with Crippen LogP contribution >= 0.6 is 0 Å². The summed E-state index contributed by atoms with van der Waals surface area (Å²) in [4.78, 5) is 11.6. The highest BCUT2D eigenvalue weighted by atomic mass is 16.5. The predicted molar refractivity (Wildman–Crippen MR) is 76.2 cm³/mol. The molecule has 0 saturated heterocycles. The molecular weight excluding hydrogens is 260 g/mol. The molecule has 0 unspecified atom stereocenters. The molecule has 0 aliphatic carbocycles. The number of carbonyl (C=O) groups excluding carboxylic acids is 1. The first-order valence-corrected chi connectivity index (χ1v) is 6.42. The van der Waals surface area contributed by atoms with Gasteiger partial charge in [0.05, 0.1) is 21.3 Å². The average molecular weight is 282 g/mol. The number of hydrogen-bond acceptors (Lipinski definition) is 5. The topological polar surface area (TPSA) is 82.8 Å². The van der Waals surface area contributed by atoms with Crippen LogP contribution < -0.4 is 25.3 Å². The molecular formula is C14H22N2O4. The third-order valence-corrected chi connectivity index (χ3v) is 2.87. The molecule has 112 valence electrons. The van der Waals surface area contributed by atoms with E-state index in [1.807, 2.05) is 6.07 Å². The van der Waals surface area contributed by atoms with Gasteiger partial charge >= 0.3 is 0 Å². The minimum atomic E-state index is -0.0349. The first-order valence-electron chi connectivity index (χ1n) is 6.42. The Balaban J connectivity index is 2.82. The molecule has 1 rings (SSSR count). The van der Waals surface area contributed by atoms with Gasteiger partial charge in [-0.3, -0.25) is 4.79 Å². The summed E-state index contributed by atoms with van der Waals surface area (Å²) in [5, 5.41) is 2.83. The molecule has 0 fully saturated rings. The minimum Gasteiger partial charge on any atom is -0.493 e. The van der Waals surface area contributed by atoms with Crippen LogP contribution in [0.2, 0.25) is 0 Å². The number of benzene rings is 1. The Hall–Kier alpha value is -1.95. The van der Waals surface area contributed by atoms with Crippen LogP contribution in [0.4, 0.5) is 0 Å². The second kappa shape index (κ2) is 8.27. The van der Waals surface area contributed by atoms with Crippen LogP contribution in [0, 0.1) is 0 Å². The maximum atomic E-state index is 11.6. The molecule has 0 saturated carbocycles. The van der Waals surface area contributed by atoms with Crippen molar-refractivity contribution >= 4 is 5.91 Å². The second-order valence-electron chi connectivity index (χ2n) is 4.16. The number of amides is 1. The van der Waals surface area contributed by atoms with E-state index in [-0.39, 0.29) is 5.91 Å². The van der Waals surface area contributed by atoms with Crippen molar-refractivity contribution < 1.29 is 19.0 Å². The van der Waals surface area contributed by atoms with Crippen molar-refractivity contribution in [2.45, 2.75) is 19.4 Å². The summed E-state index contributed by atoms with van der Waals surface area (Å²) in [6.07, 6.45) is 1.10. The van der Waals surface area contributed by atoms with Crippen molar-refractivity contribution in [2.24, 2.45) is 5.73 Å². The highest BCUT2D eigenvalue weighted by Gasteiger charge is 2.15. The standard InChI is InChI=1S/C14H22N2O4/c1-18-11-7-6-10(13(19-2)14(11)20-3)9-16-12(17)5-4-8-15/h6-7H,4-5,8-9,15H2,1-3H3,(H,16,17). The molecule has 0 heterocycles. The molecule has 0 aliphatic rings. The molecule has 20 heavy (non-hydrogen) atoms. The molecule has 0 spiro atoms. The fourth-order valence-corrected chi connectivity index (χ4v) is 1.85. The first-order chi connectivity index (χ1) is 9.67. The van der Waals surface area contributed by atoms with Crippen LogP contribution in [0.1, 0.15) is 18.4 Å². The van der Waals surface area contributed by atoms with Gasteiger partial charge in [0.15, 0.2) is 11.5 Å². The second-order valence-corrected chi connectivity index (χ2v) is 4.16. The average Bonchev–Trinajstić information content (AvgIpc) is 2.49. The molecule has 1 aromatic carbocycles. The van der Waals surface area contributed by atoms with Crippen LogP contribution in [0.15, 0.2) is 12.1 Å². The van der Waals surface area contributed by atoms with E-state index in [1.54, 1.807) is 27.4 Å². The van der Waals surface area contributed by atoms with Crippen molar-refractivity contribution in [3.63, 3.8) is 0 Å². The summed E-state index contributed by atoms with van der Waals surface area (Å²) in [5.41, 5.74) is 6.19. The summed E-state index contributed by atoms with van der Waals surface area (Å²) in [5.74, 6) is 1.63. The van der Waals surface area contributed by atoms with Crippen molar-refractivity contribution in [3.8, 4) is 17.2 Å². The third kappa shape index (κ3) is 4.03. The van der Waals surface area contributed by atoms with Gasteiger partial charge in [0, 0.05) is 18.5 Å². The summed E-state index contributed by atoms with van der Waals surface area (Å²) >= 11 is 0. The Morgan fingerprint density at radius 1 is 1.15 bits per heavy atom. The van der Waals surface area contributed by atoms with Gasteiger partial charge in [-0.1, -0.05) is 0 Å². The molecule has 6 nitrogen and oxygen atoms in total. The van der Waals surface area contributed by atoms with Gasteiger partial charge in [-0.15, -0.1) is 0 Å². The Bertz CT molecular complexity index is 449. The largest absolute Gasteiger partial charge is 0.493 e. The summed E-state index contributed by atoms with van der Waals surface area (Å²) in [7, 11) is 4.66.